The van der Waals surface area contributed by atoms with Crippen molar-refractivity contribution >= 4 is 34.1 Å². The number of benzene rings is 1. The first-order valence-corrected chi connectivity index (χ1v) is 5.59. The van der Waals surface area contributed by atoms with E-state index < -0.39 is 0 Å². The van der Waals surface area contributed by atoms with Crippen LogP contribution in [0.3, 0.4) is 0 Å². The molecule has 2 nitrogen and oxygen atoms in total. The summed E-state index contributed by atoms with van der Waals surface area (Å²) in [5.41, 5.74) is 0.938. The van der Waals surface area contributed by atoms with Crippen LogP contribution in [0.2, 0.25) is 0 Å². The van der Waals surface area contributed by atoms with Gasteiger partial charge in [-0.1, -0.05) is 0 Å². The fourth-order valence-electron chi connectivity index (χ4n) is 1.39. The Morgan fingerprint density at radius 3 is 2.93 bits per heavy atom. The number of hydrogen-bond donors (Lipinski definition) is 1. The van der Waals surface area contributed by atoms with Crippen LogP contribution in [0.1, 0.15) is 12.8 Å². The van der Waals surface area contributed by atoms with Crippen LogP contribution >= 0.6 is 22.6 Å². The summed E-state index contributed by atoms with van der Waals surface area (Å²) in [7, 11) is 0. The molecule has 0 saturated heterocycles. The van der Waals surface area contributed by atoms with Crippen LogP contribution in [0.15, 0.2) is 23.2 Å². The summed E-state index contributed by atoms with van der Waals surface area (Å²) >= 11 is 2.11. The second kappa shape index (κ2) is 4.25. The third-order valence-electron chi connectivity index (χ3n) is 2.08. The van der Waals surface area contributed by atoms with Crippen molar-refractivity contribution in [3.63, 3.8) is 0 Å². The van der Waals surface area contributed by atoms with Crippen molar-refractivity contribution < 1.29 is 4.39 Å². The Hall–Kier alpha value is -0.650. The largest absolute Gasteiger partial charge is 0.343 e. The van der Waals surface area contributed by atoms with Crippen molar-refractivity contribution in [3.8, 4) is 0 Å². The van der Waals surface area contributed by atoms with Crippen LogP contribution < -0.4 is 5.32 Å². The number of nitrogens with one attached hydrogen (secondary N) is 1. The molecule has 2 rings (SSSR count). The van der Waals surface area contributed by atoms with E-state index in [2.05, 4.69) is 32.9 Å². The van der Waals surface area contributed by atoms with Crippen molar-refractivity contribution in [1.82, 2.24) is 0 Å². The molecule has 0 fully saturated rings. The van der Waals surface area contributed by atoms with Gasteiger partial charge in [-0.15, -0.1) is 0 Å². The van der Waals surface area contributed by atoms with Gasteiger partial charge in [-0.25, -0.2) is 4.39 Å². The van der Waals surface area contributed by atoms with Crippen LogP contribution in [-0.2, 0) is 0 Å². The Morgan fingerprint density at radius 2 is 2.29 bits per heavy atom. The molecule has 1 heterocycles. The van der Waals surface area contributed by atoms with E-state index in [0.717, 1.165) is 34.5 Å². The first-order chi connectivity index (χ1) is 6.75. The molecule has 14 heavy (non-hydrogen) atoms. The van der Waals surface area contributed by atoms with E-state index in [1.807, 2.05) is 0 Å². The number of anilines is 1. The molecule has 0 saturated carbocycles. The number of hydrogen-bond acceptors (Lipinski definition) is 2. The highest BCUT2D eigenvalue weighted by Gasteiger charge is 2.08. The second-order valence-electron chi connectivity index (χ2n) is 3.18. The Labute approximate surface area is 95.8 Å². The lowest BCUT2D eigenvalue weighted by Gasteiger charge is -2.07. The van der Waals surface area contributed by atoms with Crippen molar-refractivity contribution in [3.05, 3.63) is 27.6 Å². The van der Waals surface area contributed by atoms with E-state index in [4.69, 9.17) is 0 Å². The molecule has 1 N–H and O–H groups in total. The zero-order valence-corrected chi connectivity index (χ0v) is 9.71. The van der Waals surface area contributed by atoms with Gasteiger partial charge in [-0.2, -0.15) is 0 Å². The van der Waals surface area contributed by atoms with Crippen molar-refractivity contribution in [2.75, 3.05) is 11.9 Å². The summed E-state index contributed by atoms with van der Waals surface area (Å²) in [6, 6.07) is 4.72. The zero-order chi connectivity index (χ0) is 9.97. The summed E-state index contributed by atoms with van der Waals surface area (Å²) in [5.74, 6) is 0.808. The highest BCUT2D eigenvalue weighted by Crippen LogP contribution is 2.20. The predicted molar refractivity (Wildman–Crippen MR) is 64.3 cm³/mol. The van der Waals surface area contributed by atoms with E-state index in [1.165, 1.54) is 12.1 Å². The molecule has 0 aliphatic carbocycles. The summed E-state index contributed by atoms with van der Waals surface area (Å²) < 4.78 is 13.7. The number of aliphatic imine (C=N–C) groups is 1. The number of amidine groups is 1. The highest BCUT2D eigenvalue weighted by atomic mass is 127. The first-order valence-electron chi connectivity index (χ1n) is 4.51. The molecule has 0 spiro atoms. The van der Waals surface area contributed by atoms with Crippen molar-refractivity contribution in [2.24, 2.45) is 4.99 Å². The molecule has 1 aliphatic rings. The molecule has 0 radical (unpaired) electrons. The fraction of sp³-hybridized carbons (Fsp3) is 0.300. The summed E-state index contributed by atoms with van der Waals surface area (Å²) in [4.78, 5) is 4.30. The molecule has 0 amide bonds. The molecule has 0 atom stereocenters. The lowest BCUT2D eigenvalue weighted by Crippen LogP contribution is -2.09. The molecule has 1 aromatic carbocycles. The smallest absolute Gasteiger partial charge is 0.124 e. The van der Waals surface area contributed by atoms with Crippen molar-refractivity contribution in [2.45, 2.75) is 12.8 Å². The second-order valence-corrected chi connectivity index (χ2v) is 4.34. The lowest BCUT2D eigenvalue weighted by atomic mass is 10.3. The Kier molecular flexibility index (Phi) is 3.00. The van der Waals surface area contributed by atoms with E-state index in [9.17, 15) is 4.39 Å². The molecule has 74 valence electrons. The SMILES string of the molecule is Fc1ccc(NC2=NCCC2)c(I)c1. The minimum Gasteiger partial charge on any atom is -0.343 e. The van der Waals surface area contributed by atoms with Gasteiger partial charge < -0.3 is 5.32 Å². The molecule has 0 bridgehead atoms. The summed E-state index contributed by atoms with van der Waals surface area (Å²) in [6.07, 6.45) is 2.10. The third-order valence-corrected chi connectivity index (χ3v) is 2.98. The molecule has 1 aliphatic heterocycles. The van der Waals surface area contributed by atoms with E-state index in [-0.39, 0.29) is 5.82 Å². The molecule has 4 heteroatoms. The molecular weight excluding hydrogens is 294 g/mol. The van der Waals surface area contributed by atoms with Crippen LogP contribution in [0.5, 0.6) is 0 Å². The Balaban J connectivity index is 2.16. The number of rotatable bonds is 1. The van der Waals surface area contributed by atoms with Crippen LogP contribution in [0.25, 0.3) is 0 Å². The van der Waals surface area contributed by atoms with Gasteiger partial charge in [0.05, 0.1) is 5.69 Å². The van der Waals surface area contributed by atoms with Gasteiger partial charge in [-0.3, -0.25) is 4.99 Å². The Morgan fingerprint density at radius 1 is 1.43 bits per heavy atom. The summed E-state index contributed by atoms with van der Waals surface area (Å²) in [5, 5.41) is 3.21. The van der Waals surface area contributed by atoms with Crippen LogP contribution in [0.4, 0.5) is 10.1 Å². The third kappa shape index (κ3) is 2.23. The lowest BCUT2D eigenvalue weighted by molar-refractivity contribution is 0.627. The van der Waals surface area contributed by atoms with E-state index >= 15 is 0 Å². The van der Waals surface area contributed by atoms with E-state index in [1.54, 1.807) is 6.07 Å². The monoisotopic (exact) mass is 304 g/mol. The number of nitrogens with zero attached hydrogens (tertiary/aromatic N) is 1. The van der Waals surface area contributed by atoms with Crippen LogP contribution in [-0.4, -0.2) is 12.4 Å². The molecular formula is C10H10FIN2. The van der Waals surface area contributed by atoms with Gasteiger partial charge in [0.2, 0.25) is 0 Å². The quantitative estimate of drug-likeness (QED) is 0.792. The van der Waals surface area contributed by atoms with Gasteiger partial charge >= 0.3 is 0 Å². The topological polar surface area (TPSA) is 24.4 Å². The summed E-state index contributed by atoms with van der Waals surface area (Å²) in [6.45, 7) is 0.903. The average Bonchev–Trinajstić information content (AvgIpc) is 2.62. The highest BCUT2D eigenvalue weighted by molar-refractivity contribution is 14.1. The normalized spacial score (nSPS) is 15.4. The maximum Gasteiger partial charge on any atom is 0.124 e. The standard InChI is InChI=1S/C10H10FIN2/c11-7-3-4-9(8(12)6-7)14-10-2-1-5-13-10/h3-4,6H,1-2,5H2,(H,13,14). The Bertz CT molecular complexity index is 376. The maximum atomic E-state index is 12.8. The minimum absolute atomic E-state index is 0.201. The molecule has 0 unspecified atom stereocenters. The van der Waals surface area contributed by atoms with Gasteiger partial charge in [-0.05, 0) is 47.2 Å². The van der Waals surface area contributed by atoms with Gasteiger partial charge in [0, 0.05) is 16.5 Å². The molecule has 1 aromatic rings. The van der Waals surface area contributed by atoms with Gasteiger partial charge in [0.15, 0.2) is 0 Å². The van der Waals surface area contributed by atoms with Gasteiger partial charge in [0.25, 0.3) is 0 Å². The first kappa shape index (κ1) is 9.89. The van der Waals surface area contributed by atoms with E-state index in [0.29, 0.717) is 0 Å². The predicted octanol–water partition coefficient (Wildman–Crippen LogP) is 3.03. The van der Waals surface area contributed by atoms with Crippen LogP contribution in [0, 0.1) is 9.39 Å². The minimum atomic E-state index is -0.201. The number of halogens is 2. The molecule has 0 aromatic heterocycles. The maximum absolute atomic E-state index is 12.8. The van der Waals surface area contributed by atoms with Crippen molar-refractivity contribution in [1.29, 1.82) is 0 Å². The zero-order valence-electron chi connectivity index (χ0n) is 7.56. The van der Waals surface area contributed by atoms with Gasteiger partial charge in [0.1, 0.15) is 11.7 Å². The fourth-order valence-corrected chi connectivity index (χ4v) is 2.00. The average molecular weight is 304 g/mol.